The van der Waals surface area contributed by atoms with Crippen LogP contribution in [0.1, 0.15) is 44.2 Å². The molecular weight excluding hydrogens is 300 g/mol. The van der Waals surface area contributed by atoms with Gasteiger partial charge in [0.25, 0.3) is 0 Å². The van der Waals surface area contributed by atoms with Crippen molar-refractivity contribution < 1.29 is 0 Å². The number of fused-ring (bicyclic) bond motifs is 2. The molecule has 0 amide bonds. The fourth-order valence-electron chi connectivity index (χ4n) is 3.82. The van der Waals surface area contributed by atoms with Gasteiger partial charge in [0.1, 0.15) is 0 Å². The molecule has 3 atom stereocenters. The number of hydrogen-bond donors (Lipinski definition) is 1. The van der Waals surface area contributed by atoms with E-state index < -0.39 is 0 Å². The van der Waals surface area contributed by atoms with Crippen LogP contribution in [-0.4, -0.2) is 30.1 Å². The van der Waals surface area contributed by atoms with E-state index in [4.69, 9.17) is 0 Å². The average molecular weight is 323 g/mol. The summed E-state index contributed by atoms with van der Waals surface area (Å²) in [5.41, 5.74) is 1.37. The highest BCUT2D eigenvalue weighted by Gasteiger charge is 2.38. The summed E-state index contributed by atoms with van der Waals surface area (Å²) in [5.74, 6) is 0. The lowest BCUT2D eigenvalue weighted by atomic mass is 9.96. The largest absolute Gasteiger partial charge is 0.307 e. The molecule has 2 nitrogen and oxygen atoms in total. The first-order valence-corrected chi connectivity index (χ1v) is 8.17. The van der Waals surface area contributed by atoms with Gasteiger partial charge < -0.3 is 10.2 Å². The summed E-state index contributed by atoms with van der Waals surface area (Å²) in [6.45, 7) is 2.28. The fourth-order valence-corrected chi connectivity index (χ4v) is 4.45. The molecule has 0 saturated carbocycles. The minimum absolute atomic E-state index is 0.420. The molecule has 104 valence electrons. The Morgan fingerprint density at radius 3 is 2.47 bits per heavy atom. The van der Waals surface area contributed by atoms with Crippen LogP contribution in [0.25, 0.3) is 0 Å². The molecule has 2 bridgehead atoms. The molecule has 0 spiro atoms. The van der Waals surface area contributed by atoms with E-state index in [1.807, 2.05) is 0 Å². The maximum atomic E-state index is 3.84. The van der Waals surface area contributed by atoms with E-state index in [2.05, 4.69) is 64.4 Å². The predicted octanol–water partition coefficient (Wildman–Crippen LogP) is 3.72. The molecule has 3 rings (SSSR count). The Balaban J connectivity index is 1.65. The summed E-state index contributed by atoms with van der Waals surface area (Å²) < 4.78 is 1.21. The zero-order chi connectivity index (χ0) is 13.4. The smallest absolute Gasteiger partial charge is 0.0305 e. The lowest BCUT2D eigenvalue weighted by molar-refractivity contribution is 0.144. The second kappa shape index (κ2) is 5.55. The number of hydrogen-bond acceptors (Lipinski definition) is 2. The van der Waals surface area contributed by atoms with Crippen molar-refractivity contribution in [3.8, 4) is 0 Å². The lowest BCUT2D eigenvalue weighted by Crippen LogP contribution is -2.47. The molecule has 3 unspecified atom stereocenters. The van der Waals surface area contributed by atoms with Gasteiger partial charge in [-0.3, -0.25) is 0 Å². The highest BCUT2D eigenvalue weighted by atomic mass is 79.9. The van der Waals surface area contributed by atoms with Gasteiger partial charge in [-0.05, 0) is 51.3 Å². The first kappa shape index (κ1) is 13.6. The van der Waals surface area contributed by atoms with Crippen LogP contribution in [0.5, 0.6) is 0 Å². The molecule has 0 aliphatic carbocycles. The van der Waals surface area contributed by atoms with Crippen LogP contribution in [0.4, 0.5) is 0 Å². The van der Waals surface area contributed by atoms with Gasteiger partial charge in [0, 0.05) is 28.6 Å². The van der Waals surface area contributed by atoms with Crippen LogP contribution < -0.4 is 5.32 Å². The molecule has 3 heteroatoms. The molecule has 19 heavy (non-hydrogen) atoms. The third-order valence-corrected chi connectivity index (χ3v) is 5.68. The third-order valence-electron chi connectivity index (χ3n) is 4.96. The summed E-state index contributed by atoms with van der Waals surface area (Å²) in [5, 5.41) is 3.84. The van der Waals surface area contributed by atoms with Crippen molar-refractivity contribution in [2.75, 3.05) is 7.05 Å². The molecule has 0 aromatic heterocycles. The quantitative estimate of drug-likeness (QED) is 0.912. The first-order chi connectivity index (χ1) is 9.15. The molecular formula is C16H23BrN2. The molecule has 1 N–H and O–H groups in total. The van der Waals surface area contributed by atoms with Gasteiger partial charge in [-0.25, -0.2) is 0 Å². The van der Waals surface area contributed by atoms with E-state index in [0.717, 1.165) is 12.1 Å². The monoisotopic (exact) mass is 322 g/mol. The molecule has 2 aliphatic heterocycles. The lowest BCUT2D eigenvalue weighted by Gasteiger charge is -2.38. The SMILES string of the molecule is CC(NC1CC2CCC(C1)N2C)c1ccccc1Br. The van der Waals surface area contributed by atoms with E-state index >= 15 is 0 Å². The Labute approximate surface area is 124 Å². The Bertz CT molecular complexity index is 434. The highest BCUT2D eigenvalue weighted by Crippen LogP contribution is 2.35. The van der Waals surface area contributed by atoms with E-state index in [1.165, 1.54) is 35.7 Å². The van der Waals surface area contributed by atoms with E-state index in [9.17, 15) is 0 Å². The Kier molecular flexibility index (Phi) is 3.97. The van der Waals surface area contributed by atoms with Crippen molar-refractivity contribution in [1.82, 2.24) is 10.2 Å². The van der Waals surface area contributed by atoms with Crippen molar-refractivity contribution in [1.29, 1.82) is 0 Å². The second-order valence-electron chi connectivity index (χ2n) is 6.13. The molecule has 1 aromatic rings. The van der Waals surface area contributed by atoms with Gasteiger partial charge in [0.2, 0.25) is 0 Å². The molecule has 2 fully saturated rings. The predicted molar refractivity (Wildman–Crippen MR) is 83.3 cm³/mol. The molecule has 2 saturated heterocycles. The normalized spacial score (nSPS) is 32.5. The standard InChI is InChI=1S/C16H23BrN2/c1-11(15-5-3-4-6-16(15)17)18-12-9-13-7-8-14(10-12)19(13)2/h3-6,11-14,18H,7-10H2,1-2H3. The van der Waals surface area contributed by atoms with Gasteiger partial charge in [-0.1, -0.05) is 34.1 Å². The summed E-state index contributed by atoms with van der Waals surface area (Å²) in [4.78, 5) is 2.60. The van der Waals surface area contributed by atoms with Crippen molar-refractivity contribution in [2.45, 2.75) is 56.8 Å². The molecule has 2 aliphatic rings. The minimum Gasteiger partial charge on any atom is -0.307 e. The van der Waals surface area contributed by atoms with Crippen molar-refractivity contribution in [3.63, 3.8) is 0 Å². The summed E-state index contributed by atoms with van der Waals surface area (Å²) >= 11 is 3.66. The molecule has 1 aromatic carbocycles. The molecule has 2 heterocycles. The van der Waals surface area contributed by atoms with Crippen LogP contribution >= 0.6 is 15.9 Å². The zero-order valence-corrected chi connectivity index (χ0v) is 13.4. The van der Waals surface area contributed by atoms with E-state index in [-0.39, 0.29) is 0 Å². The Morgan fingerprint density at radius 2 is 1.84 bits per heavy atom. The topological polar surface area (TPSA) is 15.3 Å². The maximum Gasteiger partial charge on any atom is 0.0305 e. The Hall–Kier alpha value is -0.380. The van der Waals surface area contributed by atoms with Gasteiger partial charge in [-0.2, -0.15) is 0 Å². The van der Waals surface area contributed by atoms with Crippen molar-refractivity contribution in [3.05, 3.63) is 34.3 Å². The zero-order valence-electron chi connectivity index (χ0n) is 11.8. The number of nitrogens with zero attached hydrogens (tertiary/aromatic N) is 1. The number of benzene rings is 1. The van der Waals surface area contributed by atoms with Crippen LogP contribution in [0.2, 0.25) is 0 Å². The van der Waals surface area contributed by atoms with E-state index in [0.29, 0.717) is 12.1 Å². The summed E-state index contributed by atoms with van der Waals surface area (Å²) in [6.07, 6.45) is 5.40. The van der Waals surface area contributed by atoms with Gasteiger partial charge >= 0.3 is 0 Å². The van der Waals surface area contributed by atoms with Crippen molar-refractivity contribution >= 4 is 15.9 Å². The van der Waals surface area contributed by atoms with E-state index in [1.54, 1.807) is 0 Å². The first-order valence-electron chi connectivity index (χ1n) is 7.37. The van der Waals surface area contributed by atoms with Gasteiger partial charge in [-0.15, -0.1) is 0 Å². The second-order valence-corrected chi connectivity index (χ2v) is 6.98. The number of rotatable bonds is 3. The maximum absolute atomic E-state index is 3.84. The van der Waals surface area contributed by atoms with Crippen LogP contribution in [-0.2, 0) is 0 Å². The van der Waals surface area contributed by atoms with Crippen LogP contribution in [0.3, 0.4) is 0 Å². The van der Waals surface area contributed by atoms with Crippen molar-refractivity contribution in [2.24, 2.45) is 0 Å². The summed E-state index contributed by atoms with van der Waals surface area (Å²) in [6, 6.07) is 11.3. The average Bonchev–Trinajstić information content (AvgIpc) is 2.63. The Morgan fingerprint density at radius 1 is 1.21 bits per heavy atom. The summed E-state index contributed by atoms with van der Waals surface area (Å²) in [7, 11) is 2.30. The number of halogens is 1. The highest BCUT2D eigenvalue weighted by molar-refractivity contribution is 9.10. The minimum atomic E-state index is 0.420. The van der Waals surface area contributed by atoms with Gasteiger partial charge in [0.15, 0.2) is 0 Å². The molecule has 0 radical (unpaired) electrons. The number of nitrogens with one attached hydrogen (secondary N) is 1. The van der Waals surface area contributed by atoms with Crippen LogP contribution in [0.15, 0.2) is 28.7 Å². The third kappa shape index (κ3) is 2.74. The number of piperidine rings is 1. The fraction of sp³-hybridized carbons (Fsp3) is 0.625. The van der Waals surface area contributed by atoms with Gasteiger partial charge in [0.05, 0.1) is 0 Å². The van der Waals surface area contributed by atoms with Crippen LogP contribution in [0, 0.1) is 0 Å².